The summed E-state index contributed by atoms with van der Waals surface area (Å²) in [6.45, 7) is 3.17. The molecule has 354 valence electrons. The van der Waals surface area contributed by atoms with Crippen molar-refractivity contribution < 1.29 is 55.8 Å². The molecule has 0 spiro atoms. The molecule has 0 aliphatic rings. The summed E-state index contributed by atoms with van der Waals surface area (Å²) in [5.41, 5.74) is 2.74. The molecule has 67 heavy (non-hydrogen) atoms. The van der Waals surface area contributed by atoms with Gasteiger partial charge in [0.25, 0.3) is 0 Å². The van der Waals surface area contributed by atoms with Crippen LogP contribution in [0.25, 0.3) is 0 Å². The summed E-state index contributed by atoms with van der Waals surface area (Å²) in [6.07, 6.45) is 0.449. The maximum absolute atomic E-state index is 13.4. The van der Waals surface area contributed by atoms with Crippen LogP contribution in [0, 0.1) is 23.3 Å². The van der Waals surface area contributed by atoms with Crippen molar-refractivity contribution in [2.45, 2.75) is 76.7 Å². The molecule has 4 N–H and O–H groups in total. The number of nitrogens with one attached hydrogen (secondary N) is 4. The molecule has 0 aliphatic heterocycles. The van der Waals surface area contributed by atoms with Gasteiger partial charge < -0.3 is 30.7 Å². The van der Waals surface area contributed by atoms with Gasteiger partial charge in [-0.05, 0) is 72.4 Å². The van der Waals surface area contributed by atoms with Crippen LogP contribution in [-0.2, 0) is 70.5 Å². The van der Waals surface area contributed by atoms with Gasteiger partial charge in [0.1, 0.15) is 54.0 Å². The van der Waals surface area contributed by atoms with Gasteiger partial charge in [0.2, 0.25) is 23.6 Å². The summed E-state index contributed by atoms with van der Waals surface area (Å²) in [4.78, 5) is 75.2. The first-order chi connectivity index (χ1) is 32.1. The van der Waals surface area contributed by atoms with Gasteiger partial charge in [-0.2, -0.15) is 0 Å². The fourth-order valence-electron chi connectivity index (χ4n) is 6.35. The van der Waals surface area contributed by atoms with Crippen LogP contribution in [0.15, 0.2) is 127 Å². The number of benzene rings is 5. The molecule has 0 aliphatic carbocycles. The average molecular weight is 992 g/mol. The Kier molecular flexibility index (Phi) is 21.7. The molecule has 0 aromatic heterocycles. The van der Waals surface area contributed by atoms with Crippen molar-refractivity contribution in [1.82, 2.24) is 21.3 Å². The summed E-state index contributed by atoms with van der Waals surface area (Å²) in [5.74, 6) is -6.71. The number of esters is 2. The van der Waals surface area contributed by atoms with E-state index in [1.54, 1.807) is 0 Å². The van der Waals surface area contributed by atoms with Crippen LogP contribution in [0.3, 0.4) is 0 Å². The number of hydrogen-bond donors (Lipinski definition) is 4. The molecule has 5 aromatic carbocycles. The van der Waals surface area contributed by atoms with E-state index in [4.69, 9.17) is 9.47 Å². The van der Waals surface area contributed by atoms with Crippen LogP contribution < -0.4 is 21.3 Å². The zero-order chi connectivity index (χ0) is 48.7. The third kappa shape index (κ3) is 19.6. The number of amides is 4. The molecule has 0 fully saturated rings. The van der Waals surface area contributed by atoms with E-state index in [-0.39, 0.29) is 50.0 Å². The number of hydrogen-bond acceptors (Lipinski definition) is 8. The SMILES string of the molecule is C[C@H](NC(=O)Cc1cc(F)cc(F)c1)C(=O)N[C@@H](Cc1ccccc1)C(=O)OCCCBr.C[C@H](NC(=O)Cc1cc(F)cc(F)c1)C(=O)N[C@@H](Cc1ccccc1)C(=O)OCc1ccccc1. The Hall–Kier alpha value is -6.88. The van der Waals surface area contributed by atoms with Crippen LogP contribution in [-0.4, -0.2) is 71.7 Å². The smallest absolute Gasteiger partial charge is 0.329 e. The molecule has 5 aromatic rings. The zero-order valence-electron chi connectivity index (χ0n) is 36.7. The predicted octanol–water partition coefficient (Wildman–Crippen LogP) is 6.55. The van der Waals surface area contributed by atoms with Gasteiger partial charge in [-0.15, -0.1) is 0 Å². The third-order valence-corrected chi connectivity index (χ3v) is 10.2. The van der Waals surface area contributed by atoms with Crippen LogP contribution in [0.4, 0.5) is 17.6 Å². The van der Waals surface area contributed by atoms with Crippen LogP contribution in [0.5, 0.6) is 0 Å². The van der Waals surface area contributed by atoms with Crippen molar-refractivity contribution in [1.29, 1.82) is 0 Å². The van der Waals surface area contributed by atoms with Gasteiger partial charge in [-0.25, -0.2) is 27.2 Å². The van der Waals surface area contributed by atoms with Gasteiger partial charge in [0.05, 0.1) is 19.4 Å². The average Bonchev–Trinajstić information content (AvgIpc) is 3.28. The first-order valence-electron chi connectivity index (χ1n) is 21.2. The lowest BCUT2D eigenvalue weighted by molar-refractivity contribution is -0.149. The second kappa shape index (κ2) is 27.6. The van der Waals surface area contributed by atoms with Gasteiger partial charge in [0, 0.05) is 30.3 Å². The van der Waals surface area contributed by atoms with Crippen LogP contribution in [0.2, 0.25) is 0 Å². The van der Waals surface area contributed by atoms with Crippen molar-refractivity contribution in [3.63, 3.8) is 0 Å². The molecule has 0 heterocycles. The van der Waals surface area contributed by atoms with E-state index in [2.05, 4.69) is 37.2 Å². The summed E-state index contributed by atoms with van der Waals surface area (Å²) in [5, 5.41) is 10.9. The van der Waals surface area contributed by atoms with Gasteiger partial charge in [-0.3, -0.25) is 19.2 Å². The Morgan fingerprint density at radius 3 is 1.22 bits per heavy atom. The molecule has 12 nitrogen and oxygen atoms in total. The molecule has 4 atom stereocenters. The van der Waals surface area contributed by atoms with E-state index >= 15 is 0 Å². The van der Waals surface area contributed by atoms with Crippen LogP contribution in [0.1, 0.15) is 48.1 Å². The third-order valence-electron chi connectivity index (χ3n) is 9.63. The second-order valence-corrected chi connectivity index (χ2v) is 16.1. The fourth-order valence-corrected chi connectivity index (χ4v) is 6.58. The Labute approximate surface area is 394 Å². The highest BCUT2D eigenvalue weighted by Crippen LogP contribution is 2.12. The predicted molar refractivity (Wildman–Crippen MR) is 245 cm³/mol. The van der Waals surface area contributed by atoms with Crippen molar-refractivity contribution in [3.8, 4) is 0 Å². The molecule has 5 rings (SSSR count). The summed E-state index contributed by atoms with van der Waals surface area (Å²) < 4.78 is 64.0. The fraction of sp³-hybridized carbons (Fsp3) is 0.280. The topological polar surface area (TPSA) is 169 Å². The number of ether oxygens (including phenoxy) is 2. The maximum atomic E-state index is 13.4. The molecule has 4 amide bonds. The van der Waals surface area contributed by atoms with E-state index < -0.39 is 83.0 Å². The highest BCUT2D eigenvalue weighted by atomic mass is 79.9. The standard InChI is InChI=1S/C27H26F2N2O4.C23H25BrF2N2O4/c1-18(30-25(32)15-21-12-22(28)16-23(29)13-21)26(33)31-24(14-19-8-4-2-5-9-19)27(34)35-17-20-10-6-3-7-11-20;1-15(27-21(29)13-17-10-18(25)14-19(26)11-17)22(30)28-20(23(31)32-9-5-8-24)12-16-6-3-2-4-7-16/h2-13,16,18,24H,14-15,17H2,1H3,(H,30,32)(H,31,33);2-4,6-7,10-11,14-15,20H,5,8-9,12-13H2,1H3,(H,27,29)(H,28,30)/t18-,24-;15-,20-/m00/s1. The second-order valence-electron chi connectivity index (χ2n) is 15.3. The lowest BCUT2D eigenvalue weighted by Crippen LogP contribution is -2.51. The zero-order valence-corrected chi connectivity index (χ0v) is 38.3. The van der Waals surface area contributed by atoms with Crippen molar-refractivity contribution in [3.05, 3.63) is 178 Å². The van der Waals surface area contributed by atoms with Gasteiger partial charge >= 0.3 is 11.9 Å². The molecule has 17 heteroatoms. The minimum atomic E-state index is -0.999. The molecular formula is C50H51BrF4N4O8. The van der Waals surface area contributed by atoms with E-state index in [0.717, 1.165) is 41.0 Å². The Balaban J connectivity index is 0.000000294. The molecule has 0 saturated carbocycles. The van der Waals surface area contributed by atoms with E-state index in [9.17, 15) is 46.3 Å². The van der Waals surface area contributed by atoms with Crippen molar-refractivity contribution in [2.75, 3.05) is 11.9 Å². The molecular weight excluding hydrogens is 940 g/mol. The van der Waals surface area contributed by atoms with E-state index in [1.165, 1.54) is 13.8 Å². The largest absolute Gasteiger partial charge is 0.464 e. The number of rotatable bonds is 21. The summed E-state index contributed by atoms with van der Waals surface area (Å²) in [7, 11) is 0. The van der Waals surface area contributed by atoms with E-state index in [0.29, 0.717) is 23.9 Å². The summed E-state index contributed by atoms with van der Waals surface area (Å²) in [6, 6.07) is 29.1. The molecule has 0 radical (unpaired) electrons. The normalized spacial score (nSPS) is 12.4. The first-order valence-corrected chi connectivity index (χ1v) is 22.3. The number of carbonyl (C=O) groups excluding carboxylic acids is 6. The quantitative estimate of drug-likeness (QED) is 0.0278. The number of halogens is 5. The minimum absolute atomic E-state index is 0.0529. The van der Waals surface area contributed by atoms with Crippen LogP contribution >= 0.6 is 15.9 Å². The molecule has 0 bridgehead atoms. The lowest BCUT2D eigenvalue weighted by Gasteiger charge is -2.21. The maximum Gasteiger partial charge on any atom is 0.329 e. The summed E-state index contributed by atoms with van der Waals surface area (Å²) >= 11 is 3.26. The molecule has 0 unspecified atom stereocenters. The highest BCUT2D eigenvalue weighted by Gasteiger charge is 2.28. The number of carbonyl (C=O) groups is 6. The van der Waals surface area contributed by atoms with E-state index in [1.807, 2.05) is 91.0 Å². The van der Waals surface area contributed by atoms with Crippen molar-refractivity contribution in [2.24, 2.45) is 0 Å². The Bertz CT molecular complexity index is 2380. The Morgan fingerprint density at radius 1 is 0.493 bits per heavy atom. The lowest BCUT2D eigenvalue weighted by atomic mass is 10.1. The first kappa shape index (κ1) is 52.7. The minimum Gasteiger partial charge on any atom is -0.464 e. The highest BCUT2D eigenvalue weighted by molar-refractivity contribution is 9.09. The Morgan fingerprint density at radius 2 is 0.851 bits per heavy atom. The number of alkyl halides is 1. The van der Waals surface area contributed by atoms with Gasteiger partial charge in [-0.1, -0.05) is 107 Å². The molecule has 0 saturated heterocycles. The van der Waals surface area contributed by atoms with Crippen molar-refractivity contribution >= 4 is 51.5 Å². The van der Waals surface area contributed by atoms with Gasteiger partial charge in [0.15, 0.2) is 0 Å². The monoisotopic (exact) mass is 990 g/mol.